The molecule has 0 radical (unpaired) electrons. The van der Waals surface area contributed by atoms with Gasteiger partial charge in [-0.3, -0.25) is 9.59 Å². The van der Waals surface area contributed by atoms with Crippen molar-refractivity contribution in [1.82, 2.24) is 15.0 Å². The number of hydrogen-bond acceptors (Lipinski definition) is 7. The van der Waals surface area contributed by atoms with Crippen LogP contribution in [0.25, 0.3) is 0 Å². The van der Waals surface area contributed by atoms with Gasteiger partial charge in [-0.1, -0.05) is 48.5 Å². The summed E-state index contributed by atoms with van der Waals surface area (Å²) in [5.74, 6) is 0.266. The Morgan fingerprint density at radius 2 is 1.59 bits per heavy atom. The maximum Gasteiger partial charge on any atom is 0.258 e. The van der Waals surface area contributed by atoms with Crippen LogP contribution in [0.4, 0.5) is 0 Å². The van der Waals surface area contributed by atoms with Crippen LogP contribution in [0.2, 0.25) is 0 Å². The fraction of sp³-hybridized carbons (Fsp3) is 0.167. The molecule has 3 aromatic carbocycles. The highest BCUT2D eigenvalue weighted by molar-refractivity contribution is 7.89. The lowest BCUT2D eigenvalue weighted by Gasteiger charge is -2.21. The molecule has 41 heavy (non-hydrogen) atoms. The van der Waals surface area contributed by atoms with Crippen molar-refractivity contribution in [2.24, 2.45) is 5.10 Å². The van der Waals surface area contributed by atoms with E-state index in [2.05, 4.69) is 15.8 Å². The van der Waals surface area contributed by atoms with Crippen LogP contribution in [0.5, 0.6) is 5.75 Å². The Labute approximate surface area is 238 Å². The average molecular weight is 575 g/mol. The first-order valence-corrected chi connectivity index (χ1v) is 14.3. The first kappa shape index (κ1) is 29.2. The van der Waals surface area contributed by atoms with Crippen LogP contribution in [-0.2, 0) is 32.6 Å². The maximum absolute atomic E-state index is 13.3. The van der Waals surface area contributed by atoms with Gasteiger partial charge in [-0.25, -0.2) is 13.8 Å². The minimum absolute atomic E-state index is 0.113. The number of rotatable bonds is 14. The fourth-order valence-corrected chi connectivity index (χ4v) is 5.17. The summed E-state index contributed by atoms with van der Waals surface area (Å²) >= 11 is 0. The van der Waals surface area contributed by atoms with E-state index in [1.165, 1.54) is 24.6 Å². The largest absolute Gasteiger partial charge is 0.484 e. The molecule has 0 spiro atoms. The van der Waals surface area contributed by atoms with Gasteiger partial charge in [-0.15, -0.1) is 0 Å². The van der Waals surface area contributed by atoms with Crippen molar-refractivity contribution >= 4 is 28.1 Å². The van der Waals surface area contributed by atoms with Crippen molar-refractivity contribution in [2.45, 2.75) is 17.9 Å². The molecule has 0 saturated carbocycles. The Morgan fingerprint density at radius 1 is 0.878 bits per heavy atom. The van der Waals surface area contributed by atoms with Crippen molar-refractivity contribution in [3.8, 4) is 5.75 Å². The quantitative estimate of drug-likeness (QED) is 0.176. The molecule has 0 fully saturated rings. The Balaban J connectivity index is 1.28. The third kappa shape index (κ3) is 9.16. The summed E-state index contributed by atoms with van der Waals surface area (Å²) in [5.41, 5.74) is 4.02. The van der Waals surface area contributed by atoms with Gasteiger partial charge >= 0.3 is 0 Å². The van der Waals surface area contributed by atoms with E-state index < -0.39 is 22.5 Å². The Bertz CT molecular complexity index is 1530. The summed E-state index contributed by atoms with van der Waals surface area (Å²) in [6.45, 7) is -0.146. The number of hydrazone groups is 1. The molecule has 1 aromatic heterocycles. The van der Waals surface area contributed by atoms with E-state index in [9.17, 15) is 18.0 Å². The van der Waals surface area contributed by atoms with Crippen LogP contribution in [0.15, 0.2) is 118 Å². The molecule has 4 aromatic rings. The zero-order chi connectivity index (χ0) is 28.9. The molecule has 4 rings (SSSR count). The minimum atomic E-state index is -3.90. The standard InChI is InChI=1S/C30H30N4O6S/c35-29(22-34(18-17-24-8-3-1-4-9-24)41(37,38)28-11-5-2-6-12-28)33-32-20-25-13-15-26(16-14-25)40-23-30(36)31-21-27-10-7-19-39-27/h1-16,19-20H,17-18,21-23H2,(H,31,36)(H,33,35)/b32-20+. The van der Waals surface area contributed by atoms with E-state index in [0.717, 1.165) is 9.87 Å². The molecule has 0 unspecified atom stereocenters. The Kier molecular flexibility index (Phi) is 10.4. The normalized spacial score (nSPS) is 11.4. The van der Waals surface area contributed by atoms with Crippen molar-refractivity contribution in [3.05, 3.63) is 120 Å². The van der Waals surface area contributed by atoms with Crippen LogP contribution >= 0.6 is 0 Å². The zero-order valence-electron chi connectivity index (χ0n) is 22.2. The van der Waals surface area contributed by atoms with Gasteiger partial charge in [0.15, 0.2) is 6.61 Å². The maximum atomic E-state index is 13.3. The molecule has 0 aliphatic rings. The third-order valence-corrected chi connectivity index (χ3v) is 7.75. The van der Waals surface area contributed by atoms with Gasteiger partial charge in [0.05, 0.1) is 30.5 Å². The van der Waals surface area contributed by atoms with E-state index in [-0.39, 0.29) is 30.5 Å². The Hall–Kier alpha value is -4.74. The predicted molar refractivity (Wildman–Crippen MR) is 154 cm³/mol. The molecular formula is C30H30N4O6S. The Morgan fingerprint density at radius 3 is 2.27 bits per heavy atom. The van der Waals surface area contributed by atoms with E-state index in [1.807, 2.05) is 30.3 Å². The lowest BCUT2D eigenvalue weighted by molar-refractivity contribution is -0.123. The lowest BCUT2D eigenvalue weighted by atomic mass is 10.1. The molecule has 2 amide bonds. The molecule has 2 N–H and O–H groups in total. The number of amides is 2. The number of nitrogens with zero attached hydrogens (tertiary/aromatic N) is 2. The summed E-state index contributed by atoms with van der Waals surface area (Å²) in [5, 5.41) is 6.65. The van der Waals surface area contributed by atoms with Gasteiger partial charge in [0, 0.05) is 6.54 Å². The second-order valence-electron chi connectivity index (χ2n) is 8.89. The number of hydrogen-bond donors (Lipinski definition) is 2. The molecule has 0 aliphatic heterocycles. The number of carbonyl (C=O) groups is 2. The number of carbonyl (C=O) groups excluding carboxylic acids is 2. The fourth-order valence-electron chi connectivity index (χ4n) is 3.75. The highest BCUT2D eigenvalue weighted by Gasteiger charge is 2.26. The summed E-state index contributed by atoms with van der Waals surface area (Å²) in [4.78, 5) is 24.7. The monoisotopic (exact) mass is 574 g/mol. The van der Waals surface area contributed by atoms with Crippen molar-refractivity contribution in [1.29, 1.82) is 0 Å². The molecule has 0 saturated heterocycles. The van der Waals surface area contributed by atoms with E-state index in [1.54, 1.807) is 54.6 Å². The van der Waals surface area contributed by atoms with Crippen LogP contribution in [0, 0.1) is 0 Å². The first-order chi connectivity index (χ1) is 19.9. The summed E-state index contributed by atoms with van der Waals surface area (Å²) in [7, 11) is -3.90. The number of furan rings is 1. The van der Waals surface area contributed by atoms with Gasteiger partial charge in [0.2, 0.25) is 10.0 Å². The topological polar surface area (TPSA) is 130 Å². The molecule has 11 heteroatoms. The SMILES string of the molecule is O=C(COc1ccc(/C=N/NC(=O)CN(CCc2ccccc2)S(=O)(=O)c2ccccc2)cc1)NCc1ccco1. The number of benzene rings is 3. The number of ether oxygens (including phenoxy) is 1. The molecular weight excluding hydrogens is 544 g/mol. The van der Waals surface area contributed by atoms with Crippen molar-refractivity contribution in [3.63, 3.8) is 0 Å². The summed E-state index contributed by atoms with van der Waals surface area (Å²) < 4.78 is 38.3. The van der Waals surface area contributed by atoms with Crippen molar-refractivity contribution < 1.29 is 27.2 Å². The van der Waals surface area contributed by atoms with Crippen LogP contribution < -0.4 is 15.5 Å². The lowest BCUT2D eigenvalue weighted by Crippen LogP contribution is -2.40. The van der Waals surface area contributed by atoms with E-state index >= 15 is 0 Å². The second-order valence-corrected chi connectivity index (χ2v) is 10.8. The van der Waals surface area contributed by atoms with Crippen molar-refractivity contribution in [2.75, 3.05) is 19.7 Å². The third-order valence-electron chi connectivity index (χ3n) is 5.89. The first-order valence-electron chi connectivity index (χ1n) is 12.8. The molecule has 212 valence electrons. The van der Waals surface area contributed by atoms with Crippen LogP contribution in [0.3, 0.4) is 0 Å². The zero-order valence-corrected chi connectivity index (χ0v) is 23.0. The highest BCUT2D eigenvalue weighted by atomic mass is 32.2. The second kappa shape index (κ2) is 14.6. The average Bonchev–Trinajstić information content (AvgIpc) is 3.52. The highest BCUT2D eigenvalue weighted by Crippen LogP contribution is 2.16. The molecule has 1 heterocycles. The van der Waals surface area contributed by atoms with E-state index in [0.29, 0.717) is 23.5 Å². The number of nitrogens with one attached hydrogen (secondary N) is 2. The van der Waals surface area contributed by atoms with Crippen LogP contribution in [0.1, 0.15) is 16.9 Å². The minimum Gasteiger partial charge on any atom is -0.484 e. The van der Waals surface area contributed by atoms with Gasteiger partial charge in [-0.05, 0) is 66.1 Å². The predicted octanol–water partition coefficient (Wildman–Crippen LogP) is 3.36. The smallest absolute Gasteiger partial charge is 0.258 e. The van der Waals surface area contributed by atoms with Gasteiger partial charge in [-0.2, -0.15) is 9.41 Å². The van der Waals surface area contributed by atoms with Gasteiger partial charge in [0.1, 0.15) is 11.5 Å². The molecule has 10 nitrogen and oxygen atoms in total. The van der Waals surface area contributed by atoms with Crippen LogP contribution in [-0.4, -0.2) is 50.4 Å². The summed E-state index contributed by atoms with van der Waals surface area (Å²) in [6, 6.07) is 27.7. The van der Waals surface area contributed by atoms with Gasteiger partial charge in [0.25, 0.3) is 11.8 Å². The molecule has 0 atom stereocenters. The molecule has 0 aliphatic carbocycles. The number of sulfonamides is 1. The summed E-state index contributed by atoms with van der Waals surface area (Å²) in [6.07, 6.45) is 3.41. The van der Waals surface area contributed by atoms with E-state index in [4.69, 9.17) is 9.15 Å². The van der Waals surface area contributed by atoms with Gasteiger partial charge < -0.3 is 14.5 Å². The molecule has 0 bridgehead atoms.